The average molecular weight is 267 g/mol. The van der Waals surface area contributed by atoms with E-state index in [0.29, 0.717) is 12.3 Å². The SMILES string of the molecule is O=C(/C=C/c1ccco1)NCc1cnn2ccccc12. The summed E-state index contributed by atoms with van der Waals surface area (Å²) in [6.45, 7) is 0.439. The van der Waals surface area contributed by atoms with E-state index in [2.05, 4.69) is 10.4 Å². The molecule has 3 aromatic heterocycles. The van der Waals surface area contributed by atoms with Crippen molar-refractivity contribution >= 4 is 17.5 Å². The molecule has 0 radical (unpaired) electrons. The van der Waals surface area contributed by atoms with Crippen LogP contribution in [0.2, 0.25) is 0 Å². The summed E-state index contributed by atoms with van der Waals surface area (Å²) in [4.78, 5) is 11.7. The lowest BCUT2D eigenvalue weighted by Crippen LogP contribution is -2.20. The maximum atomic E-state index is 11.7. The summed E-state index contributed by atoms with van der Waals surface area (Å²) in [6.07, 6.45) is 8.27. The van der Waals surface area contributed by atoms with Crippen molar-refractivity contribution in [3.63, 3.8) is 0 Å². The van der Waals surface area contributed by atoms with Gasteiger partial charge in [0, 0.05) is 24.4 Å². The summed E-state index contributed by atoms with van der Waals surface area (Å²) < 4.78 is 6.89. The molecule has 20 heavy (non-hydrogen) atoms. The fraction of sp³-hybridized carbons (Fsp3) is 0.0667. The summed E-state index contributed by atoms with van der Waals surface area (Å²) in [5.41, 5.74) is 1.97. The van der Waals surface area contributed by atoms with Crippen LogP contribution in [-0.2, 0) is 11.3 Å². The Morgan fingerprint density at radius 2 is 2.30 bits per heavy atom. The topological polar surface area (TPSA) is 59.5 Å². The van der Waals surface area contributed by atoms with Crippen LogP contribution in [0.5, 0.6) is 0 Å². The van der Waals surface area contributed by atoms with Crippen LogP contribution in [0.1, 0.15) is 11.3 Å². The van der Waals surface area contributed by atoms with Crippen LogP contribution in [0, 0.1) is 0 Å². The maximum absolute atomic E-state index is 11.7. The van der Waals surface area contributed by atoms with Gasteiger partial charge in [0.2, 0.25) is 5.91 Å². The third kappa shape index (κ3) is 2.61. The van der Waals surface area contributed by atoms with Gasteiger partial charge in [0.25, 0.3) is 0 Å². The maximum Gasteiger partial charge on any atom is 0.244 e. The number of fused-ring (bicyclic) bond motifs is 1. The second kappa shape index (κ2) is 5.44. The second-order valence-electron chi connectivity index (χ2n) is 4.27. The molecule has 1 N–H and O–H groups in total. The molecule has 0 aliphatic carbocycles. The minimum Gasteiger partial charge on any atom is -0.465 e. The Kier molecular flexibility index (Phi) is 3.33. The zero-order valence-corrected chi connectivity index (χ0v) is 10.7. The van der Waals surface area contributed by atoms with E-state index in [4.69, 9.17) is 4.42 Å². The van der Waals surface area contributed by atoms with Crippen LogP contribution >= 0.6 is 0 Å². The van der Waals surface area contributed by atoms with Gasteiger partial charge >= 0.3 is 0 Å². The van der Waals surface area contributed by atoms with Crippen molar-refractivity contribution < 1.29 is 9.21 Å². The Balaban J connectivity index is 1.63. The molecule has 0 aromatic carbocycles. The molecular formula is C15H13N3O2. The summed E-state index contributed by atoms with van der Waals surface area (Å²) in [6, 6.07) is 9.38. The lowest BCUT2D eigenvalue weighted by Gasteiger charge is -2.00. The van der Waals surface area contributed by atoms with E-state index in [0.717, 1.165) is 11.1 Å². The minimum atomic E-state index is -0.170. The molecule has 0 unspecified atom stereocenters. The third-order valence-corrected chi connectivity index (χ3v) is 2.90. The van der Waals surface area contributed by atoms with Crippen molar-refractivity contribution in [2.24, 2.45) is 0 Å². The van der Waals surface area contributed by atoms with Gasteiger partial charge in [0.15, 0.2) is 0 Å². The van der Waals surface area contributed by atoms with E-state index in [1.54, 1.807) is 35.2 Å². The standard InChI is InChI=1S/C15H13N3O2/c19-15(7-6-13-4-3-9-20-13)16-10-12-11-17-18-8-2-1-5-14(12)18/h1-9,11H,10H2,(H,16,19)/b7-6+. The minimum absolute atomic E-state index is 0.170. The predicted octanol–water partition coefficient (Wildman–Crippen LogP) is 2.26. The van der Waals surface area contributed by atoms with Crippen LogP contribution in [0.15, 0.2) is 59.5 Å². The number of furan rings is 1. The number of hydrogen-bond donors (Lipinski definition) is 1. The molecule has 3 rings (SSSR count). The summed E-state index contributed by atoms with van der Waals surface area (Å²) in [5, 5.41) is 7.03. The van der Waals surface area contributed by atoms with Gasteiger partial charge < -0.3 is 9.73 Å². The zero-order valence-electron chi connectivity index (χ0n) is 10.7. The lowest BCUT2D eigenvalue weighted by atomic mass is 10.2. The number of amides is 1. The van der Waals surface area contributed by atoms with Crippen molar-refractivity contribution in [1.29, 1.82) is 0 Å². The molecule has 3 heterocycles. The molecule has 0 fully saturated rings. The van der Waals surface area contributed by atoms with Gasteiger partial charge in [0.05, 0.1) is 18.0 Å². The molecule has 5 nitrogen and oxygen atoms in total. The molecule has 100 valence electrons. The highest BCUT2D eigenvalue weighted by Gasteiger charge is 2.04. The first-order valence-corrected chi connectivity index (χ1v) is 6.23. The van der Waals surface area contributed by atoms with E-state index in [1.165, 1.54) is 6.08 Å². The van der Waals surface area contributed by atoms with Crippen molar-refractivity contribution in [2.45, 2.75) is 6.54 Å². The molecule has 0 saturated carbocycles. The molecule has 0 aliphatic rings. The molecule has 3 aromatic rings. The Morgan fingerprint density at radius 1 is 1.35 bits per heavy atom. The average Bonchev–Trinajstić information content (AvgIpc) is 3.12. The van der Waals surface area contributed by atoms with E-state index >= 15 is 0 Å². The largest absolute Gasteiger partial charge is 0.465 e. The fourth-order valence-electron chi connectivity index (χ4n) is 1.91. The number of pyridine rings is 1. The monoisotopic (exact) mass is 267 g/mol. The van der Waals surface area contributed by atoms with E-state index < -0.39 is 0 Å². The number of carbonyl (C=O) groups excluding carboxylic acids is 1. The Morgan fingerprint density at radius 3 is 3.15 bits per heavy atom. The summed E-state index contributed by atoms with van der Waals surface area (Å²) in [7, 11) is 0. The Bertz CT molecular complexity index is 741. The van der Waals surface area contributed by atoms with Crippen LogP contribution in [0.3, 0.4) is 0 Å². The number of hydrogen-bond acceptors (Lipinski definition) is 3. The van der Waals surface area contributed by atoms with E-state index in [9.17, 15) is 4.79 Å². The molecule has 0 spiro atoms. The van der Waals surface area contributed by atoms with Gasteiger partial charge in [-0.25, -0.2) is 4.52 Å². The highest BCUT2D eigenvalue weighted by molar-refractivity contribution is 5.91. The van der Waals surface area contributed by atoms with Gasteiger partial charge in [-0.15, -0.1) is 0 Å². The Hall–Kier alpha value is -2.82. The van der Waals surface area contributed by atoms with Crippen molar-refractivity contribution in [1.82, 2.24) is 14.9 Å². The van der Waals surface area contributed by atoms with E-state index in [1.807, 2.05) is 24.4 Å². The number of aromatic nitrogens is 2. The molecule has 5 heteroatoms. The first-order chi connectivity index (χ1) is 9.83. The smallest absolute Gasteiger partial charge is 0.244 e. The van der Waals surface area contributed by atoms with Crippen molar-refractivity contribution in [3.8, 4) is 0 Å². The van der Waals surface area contributed by atoms with Crippen LogP contribution in [0.4, 0.5) is 0 Å². The first kappa shape index (κ1) is 12.2. The van der Waals surface area contributed by atoms with Crippen molar-refractivity contribution in [3.05, 3.63) is 66.4 Å². The summed E-state index contributed by atoms with van der Waals surface area (Å²) in [5.74, 6) is 0.479. The molecular weight excluding hydrogens is 254 g/mol. The lowest BCUT2D eigenvalue weighted by molar-refractivity contribution is -0.116. The Labute approximate surface area is 115 Å². The van der Waals surface area contributed by atoms with Crippen LogP contribution < -0.4 is 5.32 Å². The van der Waals surface area contributed by atoms with Gasteiger partial charge in [-0.05, 0) is 30.3 Å². The molecule has 0 bridgehead atoms. The number of rotatable bonds is 4. The second-order valence-corrected chi connectivity index (χ2v) is 4.27. The number of carbonyl (C=O) groups is 1. The predicted molar refractivity (Wildman–Crippen MR) is 74.8 cm³/mol. The van der Waals surface area contributed by atoms with E-state index in [-0.39, 0.29) is 5.91 Å². The molecule has 0 aliphatic heterocycles. The normalized spacial score (nSPS) is 11.2. The third-order valence-electron chi connectivity index (χ3n) is 2.90. The van der Waals surface area contributed by atoms with Gasteiger partial charge in [-0.2, -0.15) is 5.10 Å². The van der Waals surface area contributed by atoms with Crippen LogP contribution in [0.25, 0.3) is 11.6 Å². The fourth-order valence-corrected chi connectivity index (χ4v) is 1.91. The van der Waals surface area contributed by atoms with Crippen LogP contribution in [-0.4, -0.2) is 15.5 Å². The highest BCUT2D eigenvalue weighted by atomic mass is 16.3. The van der Waals surface area contributed by atoms with Gasteiger partial charge in [0.1, 0.15) is 5.76 Å². The van der Waals surface area contributed by atoms with Crippen molar-refractivity contribution in [2.75, 3.05) is 0 Å². The molecule has 0 saturated heterocycles. The molecule has 1 amide bonds. The quantitative estimate of drug-likeness (QED) is 0.738. The van der Waals surface area contributed by atoms with Gasteiger partial charge in [-0.3, -0.25) is 4.79 Å². The zero-order chi connectivity index (χ0) is 13.8. The number of nitrogens with one attached hydrogen (secondary N) is 1. The first-order valence-electron chi connectivity index (χ1n) is 6.23. The summed E-state index contributed by atoms with van der Waals surface area (Å²) >= 11 is 0. The van der Waals surface area contributed by atoms with Gasteiger partial charge in [-0.1, -0.05) is 6.07 Å². The molecule has 0 atom stereocenters. The number of nitrogens with zero attached hydrogens (tertiary/aromatic N) is 2. The highest BCUT2D eigenvalue weighted by Crippen LogP contribution is 2.09.